The molecular formula is C16H16N2OS. The van der Waals surface area contributed by atoms with Crippen LogP contribution in [0, 0.1) is 6.92 Å². The van der Waals surface area contributed by atoms with Crippen LogP contribution in [0.3, 0.4) is 0 Å². The van der Waals surface area contributed by atoms with Crippen LogP contribution in [0.5, 0.6) is 5.75 Å². The summed E-state index contributed by atoms with van der Waals surface area (Å²) in [6, 6.07) is 12.2. The maximum absolute atomic E-state index is 5.21. The maximum Gasteiger partial charge on any atom is 0.141 e. The summed E-state index contributed by atoms with van der Waals surface area (Å²) in [4.78, 5) is 4.81. The minimum atomic E-state index is 0.861. The molecule has 0 amide bonds. The second-order valence-corrected chi connectivity index (χ2v) is 5.38. The quantitative estimate of drug-likeness (QED) is 0.679. The van der Waals surface area contributed by atoms with Crippen LogP contribution >= 0.6 is 11.8 Å². The lowest BCUT2D eigenvalue weighted by Gasteiger charge is -2.03. The minimum absolute atomic E-state index is 0.861. The van der Waals surface area contributed by atoms with Crippen molar-refractivity contribution in [3.63, 3.8) is 0 Å². The van der Waals surface area contributed by atoms with E-state index >= 15 is 0 Å². The number of fused-ring (bicyclic) bond motifs is 1. The molecule has 0 aliphatic heterocycles. The van der Waals surface area contributed by atoms with Crippen LogP contribution in [0.15, 0.2) is 47.6 Å². The van der Waals surface area contributed by atoms with E-state index in [2.05, 4.69) is 48.0 Å². The predicted octanol–water partition coefficient (Wildman–Crippen LogP) is 4.04. The van der Waals surface area contributed by atoms with Crippen LogP contribution in [-0.2, 0) is 0 Å². The first-order chi connectivity index (χ1) is 9.74. The Morgan fingerprint density at radius 1 is 1.15 bits per heavy atom. The lowest BCUT2D eigenvalue weighted by atomic mass is 10.1. The van der Waals surface area contributed by atoms with Crippen molar-refractivity contribution in [2.75, 3.05) is 13.4 Å². The molecule has 102 valence electrons. The lowest BCUT2D eigenvalue weighted by molar-refractivity contribution is 0.415. The van der Waals surface area contributed by atoms with Gasteiger partial charge >= 0.3 is 0 Å². The van der Waals surface area contributed by atoms with Crippen LogP contribution < -0.4 is 4.74 Å². The Bertz CT molecular complexity index is 747. The highest BCUT2D eigenvalue weighted by molar-refractivity contribution is 7.98. The largest absolute Gasteiger partial charge is 0.497 e. The average Bonchev–Trinajstić information content (AvgIpc) is 2.87. The van der Waals surface area contributed by atoms with Crippen molar-refractivity contribution in [3.05, 3.63) is 48.2 Å². The normalized spacial score (nSPS) is 10.9. The monoisotopic (exact) mass is 284 g/mol. The first-order valence-electron chi connectivity index (χ1n) is 6.40. The van der Waals surface area contributed by atoms with Crippen molar-refractivity contribution in [1.29, 1.82) is 0 Å². The topological polar surface area (TPSA) is 26.5 Å². The molecule has 4 heteroatoms. The Morgan fingerprint density at radius 2 is 1.90 bits per heavy atom. The van der Waals surface area contributed by atoms with E-state index < -0.39 is 0 Å². The van der Waals surface area contributed by atoms with E-state index in [4.69, 9.17) is 9.72 Å². The summed E-state index contributed by atoms with van der Waals surface area (Å²) in [6.45, 7) is 2.09. The van der Waals surface area contributed by atoms with Crippen molar-refractivity contribution in [3.8, 4) is 17.0 Å². The van der Waals surface area contributed by atoms with Gasteiger partial charge in [0.1, 0.15) is 22.1 Å². The number of hydrogen-bond acceptors (Lipinski definition) is 3. The molecule has 2 heterocycles. The van der Waals surface area contributed by atoms with Gasteiger partial charge in [-0.1, -0.05) is 6.07 Å². The highest BCUT2D eigenvalue weighted by atomic mass is 32.2. The van der Waals surface area contributed by atoms with E-state index in [-0.39, 0.29) is 0 Å². The molecule has 0 unspecified atom stereocenters. The van der Waals surface area contributed by atoms with Crippen LogP contribution in [0.4, 0.5) is 0 Å². The third-order valence-electron chi connectivity index (χ3n) is 3.36. The fraction of sp³-hybridized carbons (Fsp3) is 0.188. The summed E-state index contributed by atoms with van der Waals surface area (Å²) in [5.41, 5.74) is 4.33. The SMILES string of the molecule is COc1ccc(-c2nc3c(C)cccn3c2SC)cc1. The second-order valence-electron chi connectivity index (χ2n) is 4.58. The van der Waals surface area contributed by atoms with Crippen LogP contribution in [0.1, 0.15) is 5.56 Å². The fourth-order valence-electron chi connectivity index (χ4n) is 2.31. The summed E-state index contributed by atoms with van der Waals surface area (Å²) in [5, 5.41) is 1.16. The standard InChI is InChI=1S/C16H16N2OS/c1-11-5-4-10-18-15(11)17-14(16(18)20-3)12-6-8-13(19-2)9-7-12/h4-10H,1-3H3. The van der Waals surface area contributed by atoms with Gasteiger partial charge in [-0.2, -0.15) is 0 Å². The number of hydrogen-bond donors (Lipinski definition) is 0. The predicted molar refractivity (Wildman–Crippen MR) is 83.7 cm³/mol. The summed E-state index contributed by atoms with van der Waals surface area (Å²) in [7, 11) is 1.68. The van der Waals surface area contributed by atoms with E-state index in [0.717, 1.165) is 27.7 Å². The number of ether oxygens (including phenoxy) is 1. The smallest absolute Gasteiger partial charge is 0.141 e. The number of benzene rings is 1. The highest BCUT2D eigenvalue weighted by Crippen LogP contribution is 2.32. The molecule has 0 N–H and O–H groups in total. The lowest BCUT2D eigenvalue weighted by Crippen LogP contribution is -1.88. The summed E-state index contributed by atoms with van der Waals surface area (Å²) < 4.78 is 7.36. The molecule has 0 saturated carbocycles. The fourth-order valence-corrected chi connectivity index (χ4v) is 3.02. The van der Waals surface area contributed by atoms with Gasteiger partial charge in [0.25, 0.3) is 0 Å². The average molecular weight is 284 g/mol. The van der Waals surface area contributed by atoms with Gasteiger partial charge in [0.05, 0.1) is 7.11 Å². The van der Waals surface area contributed by atoms with Gasteiger partial charge in [0.2, 0.25) is 0 Å². The molecular weight excluding hydrogens is 268 g/mol. The van der Waals surface area contributed by atoms with Crippen molar-refractivity contribution in [2.45, 2.75) is 11.9 Å². The molecule has 1 aromatic carbocycles. The molecule has 0 atom stereocenters. The molecule has 0 saturated heterocycles. The first-order valence-corrected chi connectivity index (χ1v) is 7.63. The summed E-state index contributed by atoms with van der Waals surface area (Å²) in [5.74, 6) is 0.861. The van der Waals surface area contributed by atoms with E-state index in [1.165, 1.54) is 5.56 Å². The van der Waals surface area contributed by atoms with E-state index in [9.17, 15) is 0 Å². The summed E-state index contributed by atoms with van der Waals surface area (Å²) in [6.07, 6.45) is 4.15. The Labute approximate surface area is 122 Å². The number of aryl methyl sites for hydroxylation is 1. The number of pyridine rings is 1. The van der Waals surface area contributed by atoms with E-state index in [1.54, 1.807) is 18.9 Å². The molecule has 3 aromatic rings. The molecule has 0 bridgehead atoms. The molecule has 3 rings (SSSR count). The van der Waals surface area contributed by atoms with Crippen LogP contribution in [0.25, 0.3) is 16.9 Å². The van der Waals surface area contributed by atoms with Crippen molar-refractivity contribution in [1.82, 2.24) is 9.38 Å². The minimum Gasteiger partial charge on any atom is -0.497 e. The zero-order valence-electron chi connectivity index (χ0n) is 11.8. The maximum atomic E-state index is 5.21. The second kappa shape index (κ2) is 5.21. The Morgan fingerprint density at radius 3 is 2.55 bits per heavy atom. The van der Waals surface area contributed by atoms with Gasteiger partial charge < -0.3 is 4.74 Å². The number of methoxy groups -OCH3 is 1. The number of aromatic nitrogens is 2. The van der Waals surface area contributed by atoms with Gasteiger partial charge in [-0.15, -0.1) is 11.8 Å². The molecule has 0 spiro atoms. The zero-order chi connectivity index (χ0) is 14.1. The number of thioether (sulfide) groups is 1. The third-order valence-corrected chi connectivity index (χ3v) is 4.13. The highest BCUT2D eigenvalue weighted by Gasteiger charge is 2.14. The van der Waals surface area contributed by atoms with Crippen LogP contribution in [-0.4, -0.2) is 22.8 Å². The van der Waals surface area contributed by atoms with Gasteiger partial charge in [-0.05, 0) is 49.1 Å². The Hall–Kier alpha value is -1.94. The van der Waals surface area contributed by atoms with E-state index in [1.807, 2.05) is 12.1 Å². The summed E-state index contributed by atoms with van der Waals surface area (Å²) >= 11 is 1.71. The Kier molecular flexibility index (Phi) is 3.40. The van der Waals surface area contributed by atoms with Gasteiger partial charge in [-0.25, -0.2) is 4.98 Å². The molecule has 2 aromatic heterocycles. The van der Waals surface area contributed by atoms with Crippen LogP contribution in [0.2, 0.25) is 0 Å². The van der Waals surface area contributed by atoms with Gasteiger partial charge in [-0.3, -0.25) is 4.40 Å². The van der Waals surface area contributed by atoms with Gasteiger partial charge in [0.15, 0.2) is 0 Å². The van der Waals surface area contributed by atoms with Crippen molar-refractivity contribution >= 4 is 17.4 Å². The van der Waals surface area contributed by atoms with E-state index in [0.29, 0.717) is 0 Å². The Balaban J connectivity index is 2.21. The molecule has 0 aliphatic rings. The molecule has 20 heavy (non-hydrogen) atoms. The number of nitrogens with zero attached hydrogens (tertiary/aromatic N) is 2. The van der Waals surface area contributed by atoms with Gasteiger partial charge in [0, 0.05) is 11.8 Å². The molecule has 3 nitrogen and oxygen atoms in total. The number of rotatable bonds is 3. The molecule has 0 fully saturated rings. The van der Waals surface area contributed by atoms with Crippen molar-refractivity contribution in [2.24, 2.45) is 0 Å². The number of imidazole rings is 1. The van der Waals surface area contributed by atoms with Crippen molar-refractivity contribution < 1.29 is 4.74 Å². The molecule has 0 radical (unpaired) electrons. The third kappa shape index (κ3) is 2.06. The molecule has 0 aliphatic carbocycles. The first kappa shape index (κ1) is 13.1. The zero-order valence-corrected chi connectivity index (χ0v) is 12.6.